The van der Waals surface area contributed by atoms with Crippen molar-refractivity contribution >= 4 is 22.5 Å². The molecule has 130 valence electrons. The monoisotopic (exact) mass is 337 g/mol. The number of hydrogen-bond acceptors (Lipinski definition) is 5. The summed E-state index contributed by atoms with van der Waals surface area (Å²) in [6, 6.07) is 4.36. The number of anilines is 2. The van der Waals surface area contributed by atoms with Crippen LogP contribution in [0.4, 0.5) is 11.5 Å². The van der Waals surface area contributed by atoms with Gasteiger partial charge in [0.15, 0.2) is 11.5 Å². The van der Waals surface area contributed by atoms with Gasteiger partial charge in [-0.05, 0) is 25.8 Å². The molecule has 7 heteroatoms. The van der Waals surface area contributed by atoms with E-state index < -0.39 is 0 Å². The van der Waals surface area contributed by atoms with Crippen LogP contribution in [0.15, 0.2) is 18.3 Å². The first kappa shape index (κ1) is 14.7. The average Bonchev–Trinajstić information content (AvgIpc) is 3.30. The van der Waals surface area contributed by atoms with E-state index in [2.05, 4.69) is 49.1 Å². The predicted molar refractivity (Wildman–Crippen MR) is 98.2 cm³/mol. The average molecular weight is 337 g/mol. The predicted octanol–water partition coefficient (Wildman–Crippen LogP) is 2.20. The van der Waals surface area contributed by atoms with Crippen molar-refractivity contribution in [2.75, 3.05) is 36.0 Å². The lowest BCUT2D eigenvalue weighted by Gasteiger charge is -2.36. The third-order valence-electron chi connectivity index (χ3n) is 5.42. The molecule has 2 aliphatic rings. The summed E-state index contributed by atoms with van der Waals surface area (Å²) in [5, 5.41) is 13.5. The Kier molecular flexibility index (Phi) is 3.23. The molecule has 0 spiro atoms. The molecule has 0 unspecified atom stereocenters. The minimum Gasteiger partial charge on any atom is -0.367 e. The van der Waals surface area contributed by atoms with E-state index in [9.17, 15) is 0 Å². The number of piperazine rings is 1. The van der Waals surface area contributed by atoms with Crippen molar-refractivity contribution in [2.24, 2.45) is 7.05 Å². The van der Waals surface area contributed by atoms with E-state index >= 15 is 0 Å². The molecule has 0 amide bonds. The number of aromatic nitrogens is 5. The van der Waals surface area contributed by atoms with Gasteiger partial charge in [0.25, 0.3) is 0 Å². The van der Waals surface area contributed by atoms with Gasteiger partial charge in [-0.2, -0.15) is 10.2 Å². The molecule has 1 saturated carbocycles. The summed E-state index contributed by atoms with van der Waals surface area (Å²) in [5.41, 5.74) is 4.55. The lowest BCUT2D eigenvalue weighted by molar-refractivity contribution is 0.648. The van der Waals surface area contributed by atoms with Crippen molar-refractivity contribution in [1.29, 1.82) is 0 Å². The third-order valence-corrected chi connectivity index (χ3v) is 5.42. The zero-order valence-corrected chi connectivity index (χ0v) is 14.7. The highest BCUT2D eigenvalue weighted by molar-refractivity contribution is 5.92. The number of H-pyrrole nitrogens is 1. The van der Waals surface area contributed by atoms with Crippen LogP contribution in [0.3, 0.4) is 0 Å². The summed E-state index contributed by atoms with van der Waals surface area (Å²) >= 11 is 0. The summed E-state index contributed by atoms with van der Waals surface area (Å²) in [6.07, 6.45) is 4.50. The largest absolute Gasteiger partial charge is 0.367 e. The first-order valence-electron chi connectivity index (χ1n) is 9.04. The molecule has 2 fully saturated rings. The minimum atomic E-state index is 0.723. The van der Waals surface area contributed by atoms with Crippen LogP contribution in [-0.2, 0) is 7.05 Å². The van der Waals surface area contributed by atoms with Gasteiger partial charge in [0, 0.05) is 57.1 Å². The first-order valence-corrected chi connectivity index (χ1v) is 9.04. The molecule has 3 aromatic heterocycles. The van der Waals surface area contributed by atoms with Crippen LogP contribution >= 0.6 is 0 Å². The van der Waals surface area contributed by atoms with Crippen molar-refractivity contribution < 1.29 is 0 Å². The minimum absolute atomic E-state index is 0.723. The van der Waals surface area contributed by atoms with Gasteiger partial charge in [-0.3, -0.25) is 9.78 Å². The van der Waals surface area contributed by atoms with E-state index in [1.165, 1.54) is 29.6 Å². The van der Waals surface area contributed by atoms with Crippen molar-refractivity contribution in [3.8, 4) is 0 Å². The van der Waals surface area contributed by atoms with E-state index in [-0.39, 0.29) is 0 Å². The van der Waals surface area contributed by atoms with E-state index in [1.807, 2.05) is 17.9 Å². The van der Waals surface area contributed by atoms with Crippen molar-refractivity contribution in [2.45, 2.75) is 25.7 Å². The molecule has 3 aromatic rings. The highest BCUT2D eigenvalue weighted by Gasteiger charge is 2.27. The first-order chi connectivity index (χ1) is 12.2. The number of aryl methyl sites for hydroxylation is 2. The topological polar surface area (TPSA) is 65.9 Å². The van der Waals surface area contributed by atoms with Crippen LogP contribution in [0.1, 0.15) is 30.1 Å². The second-order valence-electron chi connectivity index (χ2n) is 7.17. The standard InChI is InChI=1S/C18H23N7/c1-12-17-15(5-6-19-18(17)23(2)22-12)24-7-9-25(10-8-24)16-11-14(20-21-16)13-3-4-13/h5-6,11,13H,3-4,7-10H2,1-2H3,(H,20,21). The van der Waals surface area contributed by atoms with Gasteiger partial charge in [0.2, 0.25) is 0 Å². The fourth-order valence-electron chi connectivity index (χ4n) is 3.89. The van der Waals surface area contributed by atoms with Gasteiger partial charge >= 0.3 is 0 Å². The maximum absolute atomic E-state index is 4.54. The van der Waals surface area contributed by atoms with Crippen LogP contribution in [0, 0.1) is 6.92 Å². The molecule has 5 rings (SSSR count). The van der Waals surface area contributed by atoms with Gasteiger partial charge in [-0.1, -0.05) is 0 Å². The molecule has 1 aliphatic heterocycles. The van der Waals surface area contributed by atoms with E-state index in [4.69, 9.17) is 0 Å². The number of hydrogen-bond donors (Lipinski definition) is 1. The maximum atomic E-state index is 4.54. The lowest BCUT2D eigenvalue weighted by Crippen LogP contribution is -2.46. The molecule has 1 aliphatic carbocycles. The summed E-state index contributed by atoms with van der Waals surface area (Å²) < 4.78 is 1.87. The van der Waals surface area contributed by atoms with E-state index in [1.54, 1.807) is 0 Å². The number of pyridine rings is 1. The van der Waals surface area contributed by atoms with Crippen LogP contribution in [0.5, 0.6) is 0 Å². The number of fused-ring (bicyclic) bond motifs is 1. The number of aromatic amines is 1. The molecule has 1 saturated heterocycles. The van der Waals surface area contributed by atoms with Crippen LogP contribution < -0.4 is 9.80 Å². The Morgan fingerprint density at radius 1 is 1.12 bits per heavy atom. The van der Waals surface area contributed by atoms with Crippen LogP contribution in [0.25, 0.3) is 11.0 Å². The van der Waals surface area contributed by atoms with E-state index in [0.29, 0.717) is 0 Å². The molecular weight excluding hydrogens is 314 g/mol. The normalized spacial score (nSPS) is 18.3. The van der Waals surface area contributed by atoms with Crippen LogP contribution in [0.2, 0.25) is 0 Å². The van der Waals surface area contributed by atoms with Crippen LogP contribution in [-0.4, -0.2) is 51.1 Å². The summed E-state index contributed by atoms with van der Waals surface area (Å²) in [7, 11) is 1.96. The van der Waals surface area contributed by atoms with Crippen molar-refractivity contribution in [3.05, 3.63) is 29.7 Å². The summed E-state index contributed by atoms with van der Waals surface area (Å²) in [6.45, 7) is 6.00. The molecule has 0 bridgehead atoms. The molecule has 0 aromatic carbocycles. The summed E-state index contributed by atoms with van der Waals surface area (Å²) in [5.74, 6) is 1.82. The molecular formula is C18H23N7. The van der Waals surface area contributed by atoms with E-state index in [0.717, 1.165) is 49.3 Å². The highest BCUT2D eigenvalue weighted by atomic mass is 15.3. The number of nitrogens with zero attached hydrogens (tertiary/aromatic N) is 6. The molecule has 0 radical (unpaired) electrons. The Labute approximate surface area is 146 Å². The Hall–Kier alpha value is -2.57. The Morgan fingerprint density at radius 3 is 2.64 bits per heavy atom. The Bertz CT molecular complexity index is 913. The highest BCUT2D eigenvalue weighted by Crippen LogP contribution is 2.40. The second-order valence-corrected chi connectivity index (χ2v) is 7.17. The van der Waals surface area contributed by atoms with Gasteiger partial charge < -0.3 is 9.80 Å². The molecule has 0 atom stereocenters. The third kappa shape index (κ3) is 2.45. The Morgan fingerprint density at radius 2 is 1.88 bits per heavy atom. The molecule has 25 heavy (non-hydrogen) atoms. The van der Waals surface area contributed by atoms with Gasteiger partial charge in [0.1, 0.15) is 0 Å². The molecule has 4 heterocycles. The fraction of sp³-hybridized carbons (Fsp3) is 0.500. The lowest BCUT2D eigenvalue weighted by atomic mass is 10.2. The number of nitrogens with one attached hydrogen (secondary N) is 1. The quantitative estimate of drug-likeness (QED) is 0.794. The van der Waals surface area contributed by atoms with Crippen molar-refractivity contribution in [1.82, 2.24) is 25.0 Å². The maximum Gasteiger partial charge on any atom is 0.159 e. The molecule has 7 nitrogen and oxygen atoms in total. The second kappa shape index (κ2) is 5.47. The molecule has 1 N–H and O–H groups in total. The zero-order valence-electron chi connectivity index (χ0n) is 14.7. The fourth-order valence-corrected chi connectivity index (χ4v) is 3.89. The Balaban J connectivity index is 1.36. The van der Waals surface area contributed by atoms with Gasteiger partial charge in [-0.25, -0.2) is 4.98 Å². The smallest absolute Gasteiger partial charge is 0.159 e. The van der Waals surface area contributed by atoms with Gasteiger partial charge in [-0.15, -0.1) is 0 Å². The van der Waals surface area contributed by atoms with Gasteiger partial charge in [0.05, 0.1) is 16.8 Å². The SMILES string of the molecule is Cc1nn(C)c2nccc(N3CCN(c4cc(C5CC5)[nH]n4)CC3)c12. The zero-order chi connectivity index (χ0) is 17.0. The summed E-state index contributed by atoms with van der Waals surface area (Å²) in [4.78, 5) is 9.32. The number of rotatable bonds is 3. The van der Waals surface area contributed by atoms with Crippen molar-refractivity contribution in [3.63, 3.8) is 0 Å².